The molecule has 0 aromatic heterocycles. The summed E-state index contributed by atoms with van der Waals surface area (Å²) < 4.78 is 40.6. The highest BCUT2D eigenvalue weighted by molar-refractivity contribution is 6.33. The van der Waals surface area contributed by atoms with Crippen molar-refractivity contribution in [2.45, 2.75) is 0 Å². The Hall–Kier alpha value is -1.99. The van der Waals surface area contributed by atoms with Gasteiger partial charge in [-0.25, -0.2) is 13.2 Å². The van der Waals surface area contributed by atoms with Crippen molar-refractivity contribution in [3.63, 3.8) is 0 Å². The molecular weight excluding hydrogens is 263 g/mol. The molecule has 0 bridgehead atoms. The van der Waals surface area contributed by atoms with Gasteiger partial charge in [0.25, 0.3) is 0 Å². The molecule has 2 aromatic rings. The van der Waals surface area contributed by atoms with Gasteiger partial charge >= 0.3 is 0 Å². The van der Waals surface area contributed by atoms with Gasteiger partial charge in [0.1, 0.15) is 17.5 Å². The van der Waals surface area contributed by atoms with Crippen LogP contribution >= 0.6 is 11.6 Å². The summed E-state index contributed by atoms with van der Waals surface area (Å²) in [5.41, 5.74) is -0.743. The highest BCUT2D eigenvalue weighted by Crippen LogP contribution is 2.33. The van der Waals surface area contributed by atoms with Crippen LogP contribution in [0.15, 0.2) is 24.3 Å². The van der Waals surface area contributed by atoms with Crippen LogP contribution in [0.3, 0.4) is 0 Å². The van der Waals surface area contributed by atoms with Crippen LogP contribution in [0.2, 0.25) is 5.02 Å². The molecular formula is C13H4ClF3N. The second kappa shape index (κ2) is 4.71. The number of hydrogen-bond acceptors (Lipinski definition) is 1. The molecule has 0 heterocycles. The van der Waals surface area contributed by atoms with E-state index < -0.39 is 28.0 Å². The van der Waals surface area contributed by atoms with E-state index in [4.69, 9.17) is 16.9 Å². The van der Waals surface area contributed by atoms with Crippen molar-refractivity contribution in [1.29, 1.82) is 5.26 Å². The van der Waals surface area contributed by atoms with Gasteiger partial charge in [0.15, 0.2) is 0 Å². The monoisotopic (exact) mass is 266 g/mol. The first-order valence-electron chi connectivity index (χ1n) is 4.79. The van der Waals surface area contributed by atoms with Crippen LogP contribution in [0.5, 0.6) is 0 Å². The maximum atomic E-state index is 13.7. The molecule has 89 valence electrons. The maximum absolute atomic E-state index is 13.7. The number of nitrogens with zero attached hydrogens (tertiary/aromatic N) is 1. The van der Waals surface area contributed by atoms with Gasteiger partial charge < -0.3 is 0 Å². The van der Waals surface area contributed by atoms with E-state index in [1.807, 2.05) is 0 Å². The number of nitriles is 1. The van der Waals surface area contributed by atoms with Crippen LogP contribution in [0.25, 0.3) is 11.1 Å². The van der Waals surface area contributed by atoms with Gasteiger partial charge in [-0.3, -0.25) is 0 Å². The number of halogens is 4. The van der Waals surface area contributed by atoms with Crippen LogP contribution in [0.4, 0.5) is 13.2 Å². The Morgan fingerprint density at radius 1 is 1.17 bits per heavy atom. The van der Waals surface area contributed by atoms with Crippen molar-refractivity contribution in [3.8, 4) is 17.2 Å². The fourth-order valence-electron chi connectivity index (χ4n) is 1.54. The van der Waals surface area contributed by atoms with Crippen LogP contribution in [0, 0.1) is 34.8 Å². The largest absolute Gasteiger partial charge is 0.206 e. The second-order valence-electron chi connectivity index (χ2n) is 3.45. The third-order valence-electron chi connectivity index (χ3n) is 2.33. The molecule has 2 rings (SSSR count). The minimum atomic E-state index is -0.973. The fraction of sp³-hybridized carbons (Fsp3) is 0. The minimum absolute atomic E-state index is 0.118. The van der Waals surface area contributed by atoms with Crippen molar-refractivity contribution in [2.24, 2.45) is 0 Å². The second-order valence-corrected chi connectivity index (χ2v) is 3.82. The van der Waals surface area contributed by atoms with E-state index >= 15 is 0 Å². The summed E-state index contributed by atoms with van der Waals surface area (Å²) in [7, 11) is 0. The molecule has 0 N–H and O–H groups in total. The Morgan fingerprint density at radius 3 is 2.33 bits per heavy atom. The van der Waals surface area contributed by atoms with Crippen molar-refractivity contribution in [1.82, 2.24) is 0 Å². The van der Waals surface area contributed by atoms with Gasteiger partial charge in [0.05, 0.1) is 22.2 Å². The molecule has 0 aliphatic rings. The summed E-state index contributed by atoms with van der Waals surface area (Å²) in [6, 6.07) is 7.95. The van der Waals surface area contributed by atoms with E-state index in [1.165, 1.54) is 12.1 Å². The average Bonchev–Trinajstić information content (AvgIpc) is 2.33. The SMILES string of the molecule is N#Cc1cc(F)c(-c2cc[c]c(F)c2Cl)c(F)c1. The zero-order valence-corrected chi connectivity index (χ0v) is 9.52. The lowest BCUT2D eigenvalue weighted by molar-refractivity contribution is 0.588. The molecule has 1 radical (unpaired) electrons. The number of hydrogen-bond donors (Lipinski definition) is 0. The Morgan fingerprint density at radius 2 is 1.78 bits per heavy atom. The molecule has 0 fully saturated rings. The quantitative estimate of drug-likeness (QED) is 0.762. The molecule has 0 aliphatic heterocycles. The van der Waals surface area contributed by atoms with E-state index in [0.29, 0.717) is 0 Å². The number of rotatable bonds is 1. The lowest BCUT2D eigenvalue weighted by Gasteiger charge is -2.08. The van der Waals surface area contributed by atoms with Crippen LogP contribution in [0.1, 0.15) is 5.56 Å². The summed E-state index contributed by atoms with van der Waals surface area (Å²) in [5, 5.41) is 8.16. The summed E-state index contributed by atoms with van der Waals surface area (Å²) in [6.45, 7) is 0. The third-order valence-corrected chi connectivity index (χ3v) is 2.70. The molecule has 0 atom stereocenters. The Bertz CT molecular complexity index is 639. The molecule has 2 aromatic carbocycles. The van der Waals surface area contributed by atoms with E-state index in [2.05, 4.69) is 6.07 Å². The van der Waals surface area contributed by atoms with Gasteiger partial charge in [0, 0.05) is 11.6 Å². The van der Waals surface area contributed by atoms with Gasteiger partial charge in [-0.05, 0) is 12.1 Å². The molecule has 0 saturated carbocycles. The third kappa shape index (κ3) is 2.05. The van der Waals surface area contributed by atoms with Crippen LogP contribution < -0.4 is 0 Å². The standard InChI is InChI=1S/C13H4ClF3N/c14-13-8(2-1-3-9(13)15)12-10(16)4-7(6-18)5-11(12)17/h1-2,4-5H. The van der Waals surface area contributed by atoms with Gasteiger partial charge in [0.2, 0.25) is 0 Å². The van der Waals surface area contributed by atoms with Gasteiger partial charge in [-0.15, -0.1) is 0 Å². The average molecular weight is 267 g/mol. The molecule has 0 amide bonds. The predicted molar refractivity (Wildman–Crippen MR) is 60.3 cm³/mol. The lowest BCUT2D eigenvalue weighted by atomic mass is 10.0. The molecule has 18 heavy (non-hydrogen) atoms. The van der Waals surface area contributed by atoms with Gasteiger partial charge in [-0.2, -0.15) is 5.26 Å². The smallest absolute Gasteiger partial charge is 0.150 e. The fourth-order valence-corrected chi connectivity index (χ4v) is 1.75. The molecule has 0 spiro atoms. The van der Waals surface area contributed by atoms with Crippen molar-refractivity contribution in [2.75, 3.05) is 0 Å². The summed E-state index contributed by atoms with van der Waals surface area (Å²) in [6.07, 6.45) is 0. The van der Waals surface area contributed by atoms with Crippen LogP contribution in [-0.4, -0.2) is 0 Å². The maximum Gasteiger partial charge on any atom is 0.150 e. The first kappa shape index (κ1) is 12.5. The first-order chi connectivity index (χ1) is 8.54. The normalized spacial score (nSPS) is 10.2. The van der Waals surface area contributed by atoms with Crippen molar-refractivity contribution >= 4 is 11.6 Å². The highest BCUT2D eigenvalue weighted by atomic mass is 35.5. The predicted octanol–water partition coefficient (Wildman–Crippen LogP) is 4.10. The first-order valence-corrected chi connectivity index (χ1v) is 5.17. The van der Waals surface area contributed by atoms with Crippen molar-refractivity contribution < 1.29 is 13.2 Å². The topological polar surface area (TPSA) is 23.8 Å². The molecule has 5 heteroatoms. The zero-order valence-electron chi connectivity index (χ0n) is 8.77. The van der Waals surface area contributed by atoms with Gasteiger partial charge in [-0.1, -0.05) is 23.7 Å². The van der Waals surface area contributed by atoms with E-state index in [-0.39, 0.29) is 11.1 Å². The molecule has 0 unspecified atom stereocenters. The summed E-state index contributed by atoms with van der Waals surface area (Å²) >= 11 is 5.64. The number of benzene rings is 2. The highest BCUT2D eigenvalue weighted by Gasteiger charge is 2.17. The Labute approximate surface area is 106 Å². The van der Waals surface area contributed by atoms with E-state index in [1.54, 1.807) is 6.07 Å². The minimum Gasteiger partial charge on any atom is -0.206 e. The lowest BCUT2D eigenvalue weighted by Crippen LogP contribution is -1.94. The summed E-state index contributed by atoms with van der Waals surface area (Å²) in [5.74, 6) is -2.84. The van der Waals surface area contributed by atoms with E-state index in [0.717, 1.165) is 12.1 Å². The van der Waals surface area contributed by atoms with Crippen molar-refractivity contribution in [3.05, 3.63) is 58.4 Å². The Kier molecular flexibility index (Phi) is 3.26. The molecule has 0 saturated heterocycles. The Balaban J connectivity index is 2.73. The molecule has 0 aliphatic carbocycles. The van der Waals surface area contributed by atoms with Crippen LogP contribution in [-0.2, 0) is 0 Å². The summed E-state index contributed by atoms with van der Waals surface area (Å²) in [4.78, 5) is 0. The zero-order chi connectivity index (χ0) is 13.3. The molecule has 1 nitrogen and oxygen atoms in total. The van der Waals surface area contributed by atoms with E-state index in [9.17, 15) is 13.2 Å².